The van der Waals surface area contributed by atoms with Gasteiger partial charge in [-0.1, -0.05) is 41.9 Å². The summed E-state index contributed by atoms with van der Waals surface area (Å²) in [6.07, 6.45) is 2.00. The van der Waals surface area contributed by atoms with E-state index in [4.69, 9.17) is 9.47 Å². The van der Waals surface area contributed by atoms with Crippen LogP contribution in [0.3, 0.4) is 0 Å². The first-order valence-corrected chi connectivity index (χ1v) is 7.45. The van der Waals surface area contributed by atoms with Gasteiger partial charge in [-0.2, -0.15) is 0 Å². The quantitative estimate of drug-likeness (QED) is 0.749. The molecule has 0 amide bonds. The molecular formula is C15H23BrO3. The van der Waals surface area contributed by atoms with Crippen molar-refractivity contribution in [3.8, 4) is 0 Å². The molecule has 3 nitrogen and oxygen atoms in total. The van der Waals surface area contributed by atoms with E-state index in [1.54, 1.807) is 0 Å². The molecule has 1 aliphatic carbocycles. The zero-order chi connectivity index (χ0) is 14.4. The van der Waals surface area contributed by atoms with Crippen LogP contribution in [0.5, 0.6) is 0 Å². The van der Waals surface area contributed by atoms with Gasteiger partial charge in [0.2, 0.25) is 0 Å². The Morgan fingerprint density at radius 2 is 2.11 bits per heavy atom. The summed E-state index contributed by atoms with van der Waals surface area (Å²) in [7, 11) is 0. The van der Waals surface area contributed by atoms with Gasteiger partial charge in [0, 0.05) is 11.3 Å². The SMILES string of the molecule is C=C(C)[C@H]1C[C@@H]2C(C)(C)C(Br)=C[C@H](O)[C@@]2(C)OCO1. The predicted molar refractivity (Wildman–Crippen MR) is 78.9 cm³/mol. The first-order chi connectivity index (χ1) is 8.69. The second kappa shape index (κ2) is 4.99. The maximum Gasteiger partial charge on any atom is 0.148 e. The largest absolute Gasteiger partial charge is 0.386 e. The highest BCUT2D eigenvalue weighted by Gasteiger charge is 2.54. The molecule has 0 aromatic carbocycles. The van der Waals surface area contributed by atoms with Gasteiger partial charge >= 0.3 is 0 Å². The number of aliphatic hydroxyl groups is 1. The van der Waals surface area contributed by atoms with Gasteiger partial charge < -0.3 is 14.6 Å². The molecule has 0 spiro atoms. The Hall–Kier alpha value is -0.160. The fraction of sp³-hybridized carbons (Fsp3) is 0.733. The maximum atomic E-state index is 10.4. The molecule has 19 heavy (non-hydrogen) atoms. The molecule has 0 radical (unpaired) electrons. The lowest BCUT2D eigenvalue weighted by Crippen LogP contribution is -2.55. The van der Waals surface area contributed by atoms with Crippen molar-refractivity contribution in [1.82, 2.24) is 0 Å². The maximum absolute atomic E-state index is 10.4. The smallest absolute Gasteiger partial charge is 0.148 e. The molecular weight excluding hydrogens is 308 g/mol. The van der Waals surface area contributed by atoms with E-state index in [0.29, 0.717) is 0 Å². The third kappa shape index (κ3) is 2.44. The first kappa shape index (κ1) is 15.2. The van der Waals surface area contributed by atoms with Crippen molar-refractivity contribution in [2.45, 2.75) is 51.9 Å². The van der Waals surface area contributed by atoms with Gasteiger partial charge in [0.25, 0.3) is 0 Å². The van der Waals surface area contributed by atoms with Crippen LogP contribution in [0.2, 0.25) is 0 Å². The second-order valence-corrected chi connectivity index (χ2v) is 7.27. The monoisotopic (exact) mass is 330 g/mol. The zero-order valence-electron chi connectivity index (χ0n) is 12.1. The van der Waals surface area contributed by atoms with Crippen molar-refractivity contribution in [2.75, 3.05) is 6.79 Å². The van der Waals surface area contributed by atoms with Crippen molar-refractivity contribution in [3.63, 3.8) is 0 Å². The Morgan fingerprint density at radius 3 is 2.68 bits per heavy atom. The molecule has 1 heterocycles. The molecule has 4 heteroatoms. The molecule has 108 valence electrons. The van der Waals surface area contributed by atoms with Gasteiger partial charge in [0.15, 0.2) is 0 Å². The lowest BCUT2D eigenvalue weighted by Gasteiger charge is -2.50. The highest BCUT2D eigenvalue weighted by molar-refractivity contribution is 9.11. The van der Waals surface area contributed by atoms with Crippen LogP contribution in [0.25, 0.3) is 0 Å². The van der Waals surface area contributed by atoms with E-state index < -0.39 is 11.7 Å². The van der Waals surface area contributed by atoms with E-state index in [-0.39, 0.29) is 24.2 Å². The van der Waals surface area contributed by atoms with Gasteiger partial charge in [-0.05, 0) is 30.8 Å². The predicted octanol–water partition coefficient (Wildman–Crippen LogP) is 3.38. The molecule has 1 fully saturated rings. The highest BCUT2D eigenvalue weighted by atomic mass is 79.9. The molecule has 0 unspecified atom stereocenters. The molecule has 2 rings (SSSR count). The Balaban J connectivity index is 2.43. The summed E-state index contributed by atoms with van der Waals surface area (Å²) in [5.41, 5.74) is 0.282. The number of aliphatic hydroxyl groups excluding tert-OH is 1. The van der Waals surface area contributed by atoms with Gasteiger partial charge in [0.05, 0.1) is 6.10 Å². The summed E-state index contributed by atoms with van der Waals surface area (Å²) < 4.78 is 12.6. The standard InChI is InChI=1S/C15H23BrO3/c1-9(2)10-6-11-14(3,4)12(16)7-13(17)15(11,5)19-8-18-10/h7,10-11,13,17H,1,6,8H2,2-5H3/t10-,11-,13+,15+/m1/s1. The number of rotatable bonds is 1. The van der Waals surface area contributed by atoms with E-state index in [1.165, 1.54) is 0 Å². The fourth-order valence-corrected chi connectivity index (χ4v) is 3.72. The number of hydrogen-bond acceptors (Lipinski definition) is 3. The van der Waals surface area contributed by atoms with Gasteiger partial charge in [-0.15, -0.1) is 0 Å². The molecule has 0 aromatic heterocycles. The van der Waals surface area contributed by atoms with Crippen molar-refractivity contribution in [2.24, 2.45) is 11.3 Å². The summed E-state index contributed by atoms with van der Waals surface area (Å²) in [5, 5.41) is 10.4. The third-order valence-electron chi connectivity index (χ3n) is 4.71. The van der Waals surface area contributed by atoms with Gasteiger partial charge in [0.1, 0.15) is 18.5 Å². The lowest BCUT2D eigenvalue weighted by atomic mass is 9.62. The average Bonchev–Trinajstić information content (AvgIpc) is 2.48. The Bertz CT molecular complexity index is 416. The molecule has 0 aromatic rings. The van der Waals surface area contributed by atoms with Crippen LogP contribution < -0.4 is 0 Å². The van der Waals surface area contributed by atoms with Crippen molar-refractivity contribution >= 4 is 15.9 Å². The van der Waals surface area contributed by atoms with Crippen molar-refractivity contribution in [3.05, 3.63) is 22.7 Å². The molecule has 2 aliphatic rings. The molecule has 1 aliphatic heterocycles. The summed E-state index contributed by atoms with van der Waals surface area (Å²) in [4.78, 5) is 0. The van der Waals surface area contributed by atoms with Crippen LogP contribution in [-0.2, 0) is 9.47 Å². The Kier molecular flexibility index (Phi) is 4.00. The third-order valence-corrected chi connectivity index (χ3v) is 5.99. The molecule has 4 atom stereocenters. The number of fused-ring (bicyclic) bond motifs is 1. The summed E-state index contributed by atoms with van der Waals surface area (Å²) >= 11 is 3.60. The van der Waals surface area contributed by atoms with E-state index in [1.807, 2.05) is 19.9 Å². The lowest BCUT2D eigenvalue weighted by molar-refractivity contribution is -0.185. The van der Waals surface area contributed by atoms with Crippen LogP contribution in [0, 0.1) is 11.3 Å². The normalized spacial score (nSPS) is 42.0. The number of halogens is 1. The van der Waals surface area contributed by atoms with E-state index in [0.717, 1.165) is 16.5 Å². The Labute approximate surface area is 123 Å². The fourth-order valence-electron chi connectivity index (χ4n) is 3.19. The second-order valence-electron chi connectivity index (χ2n) is 6.42. The van der Waals surface area contributed by atoms with Crippen LogP contribution in [0.1, 0.15) is 34.1 Å². The minimum atomic E-state index is -0.632. The topological polar surface area (TPSA) is 38.7 Å². The van der Waals surface area contributed by atoms with Crippen LogP contribution >= 0.6 is 15.9 Å². The summed E-state index contributed by atoms with van der Waals surface area (Å²) in [5.74, 6) is 0.151. The van der Waals surface area contributed by atoms with Crippen molar-refractivity contribution < 1.29 is 14.6 Å². The average molecular weight is 331 g/mol. The summed E-state index contributed by atoms with van der Waals surface area (Å²) in [6, 6.07) is 0. The zero-order valence-corrected chi connectivity index (χ0v) is 13.7. The van der Waals surface area contributed by atoms with Gasteiger partial charge in [-0.3, -0.25) is 0 Å². The Morgan fingerprint density at radius 1 is 1.47 bits per heavy atom. The van der Waals surface area contributed by atoms with E-state index in [2.05, 4.69) is 36.4 Å². The molecule has 0 bridgehead atoms. The number of allylic oxidation sites excluding steroid dienone is 1. The summed E-state index contributed by atoms with van der Waals surface area (Å²) in [6.45, 7) is 12.5. The molecule has 0 saturated carbocycles. The van der Waals surface area contributed by atoms with Crippen molar-refractivity contribution in [1.29, 1.82) is 0 Å². The molecule has 1 N–H and O–H groups in total. The first-order valence-electron chi connectivity index (χ1n) is 6.66. The van der Waals surface area contributed by atoms with E-state index in [9.17, 15) is 5.11 Å². The number of ether oxygens (including phenoxy) is 2. The minimum absolute atomic E-state index is 0.0169. The highest BCUT2D eigenvalue weighted by Crippen LogP contribution is 2.53. The van der Waals surface area contributed by atoms with Gasteiger partial charge in [-0.25, -0.2) is 0 Å². The van der Waals surface area contributed by atoms with Crippen LogP contribution in [-0.4, -0.2) is 29.7 Å². The molecule has 1 saturated heterocycles. The van der Waals surface area contributed by atoms with E-state index >= 15 is 0 Å². The number of hydrogen-bond donors (Lipinski definition) is 1. The van der Waals surface area contributed by atoms with Crippen LogP contribution in [0.4, 0.5) is 0 Å². The minimum Gasteiger partial charge on any atom is -0.386 e. The van der Waals surface area contributed by atoms with Crippen LogP contribution in [0.15, 0.2) is 22.7 Å².